The first-order valence-electron chi connectivity index (χ1n) is 8.90. The zero-order chi connectivity index (χ0) is 22.4. The molecule has 0 radical (unpaired) electrons. The van der Waals surface area contributed by atoms with Gasteiger partial charge in [-0.1, -0.05) is 39.7 Å². The normalized spacial score (nSPS) is 11.0. The summed E-state index contributed by atoms with van der Waals surface area (Å²) in [7, 11) is 0. The molecule has 0 spiro atoms. The van der Waals surface area contributed by atoms with Crippen molar-refractivity contribution in [2.24, 2.45) is 0 Å². The van der Waals surface area contributed by atoms with Crippen LogP contribution in [0, 0.1) is 17.1 Å². The highest BCUT2D eigenvalue weighted by Gasteiger charge is 2.13. The number of halogens is 4. The maximum absolute atomic E-state index is 13.0. The second-order valence-corrected chi connectivity index (χ2v) is 8.54. The van der Waals surface area contributed by atoms with Gasteiger partial charge in [-0.15, -0.1) is 0 Å². The Morgan fingerprint density at radius 2 is 1.81 bits per heavy atom. The van der Waals surface area contributed by atoms with Crippen LogP contribution in [0.4, 0.5) is 10.1 Å². The van der Waals surface area contributed by atoms with Gasteiger partial charge in [-0.2, -0.15) is 5.26 Å². The van der Waals surface area contributed by atoms with Crippen molar-refractivity contribution < 1.29 is 13.9 Å². The third-order valence-electron chi connectivity index (χ3n) is 4.10. The molecule has 0 aliphatic carbocycles. The van der Waals surface area contributed by atoms with Crippen molar-refractivity contribution in [3.8, 4) is 11.8 Å². The molecule has 0 aliphatic rings. The number of anilines is 1. The third kappa shape index (κ3) is 6.41. The summed E-state index contributed by atoms with van der Waals surface area (Å²) in [4.78, 5) is 12.4. The summed E-state index contributed by atoms with van der Waals surface area (Å²) in [6.07, 6.45) is 1.44. The van der Waals surface area contributed by atoms with E-state index in [1.54, 1.807) is 48.5 Å². The molecular weight excluding hydrogens is 551 g/mol. The van der Waals surface area contributed by atoms with E-state index in [-0.39, 0.29) is 18.0 Å². The number of amides is 1. The van der Waals surface area contributed by atoms with Crippen molar-refractivity contribution in [2.45, 2.75) is 6.61 Å². The molecule has 0 saturated heterocycles. The van der Waals surface area contributed by atoms with E-state index in [1.807, 2.05) is 6.07 Å². The summed E-state index contributed by atoms with van der Waals surface area (Å²) < 4.78 is 20.2. The molecule has 0 aliphatic heterocycles. The minimum atomic E-state index is -0.534. The quantitative estimate of drug-likeness (QED) is 0.256. The van der Waals surface area contributed by atoms with Crippen LogP contribution in [-0.4, -0.2) is 5.91 Å². The van der Waals surface area contributed by atoms with E-state index in [2.05, 4.69) is 37.2 Å². The van der Waals surface area contributed by atoms with Crippen LogP contribution in [0.5, 0.6) is 5.75 Å². The largest absolute Gasteiger partial charge is 0.486 e. The molecule has 3 rings (SSSR count). The summed E-state index contributed by atoms with van der Waals surface area (Å²) >= 11 is 13.1. The second kappa shape index (κ2) is 10.6. The Hall–Kier alpha value is -2.66. The van der Waals surface area contributed by atoms with Crippen molar-refractivity contribution in [1.82, 2.24) is 0 Å². The Kier molecular flexibility index (Phi) is 7.85. The highest BCUT2D eigenvalue weighted by molar-refractivity contribution is 9.10. The standard InChI is InChI=1S/C23H14Br2ClFN2O2/c24-17-3-7-19(8-4-17)29-23(30)16(12-28)9-15-10-20(25)22(21(26)11-15)31-13-14-1-5-18(27)6-2-14/h1-11H,13H2,(H,29,30)/b16-9-. The lowest BCUT2D eigenvalue weighted by molar-refractivity contribution is -0.112. The van der Waals surface area contributed by atoms with Crippen molar-refractivity contribution >= 4 is 61.1 Å². The van der Waals surface area contributed by atoms with E-state index in [1.165, 1.54) is 18.2 Å². The summed E-state index contributed by atoms with van der Waals surface area (Å²) in [5.41, 5.74) is 1.82. The molecule has 0 bridgehead atoms. The summed E-state index contributed by atoms with van der Waals surface area (Å²) in [6.45, 7) is 0.201. The van der Waals surface area contributed by atoms with Gasteiger partial charge in [0.05, 0.1) is 9.50 Å². The van der Waals surface area contributed by atoms with Crippen LogP contribution >= 0.6 is 43.5 Å². The van der Waals surface area contributed by atoms with Crippen LogP contribution in [0.3, 0.4) is 0 Å². The average molecular weight is 565 g/mol. The predicted octanol–water partition coefficient (Wildman–Crippen LogP) is 7.13. The molecule has 31 heavy (non-hydrogen) atoms. The minimum Gasteiger partial charge on any atom is -0.486 e. The fourth-order valence-electron chi connectivity index (χ4n) is 2.58. The number of rotatable bonds is 6. The number of nitrogens with one attached hydrogen (secondary N) is 1. The lowest BCUT2D eigenvalue weighted by Crippen LogP contribution is -2.13. The number of ether oxygens (including phenoxy) is 1. The zero-order valence-corrected chi connectivity index (χ0v) is 19.8. The monoisotopic (exact) mass is 562 g/mol. The molecule has 8 heteroatoms. The molecule has 0 saturated carbocycles. The lowest BCUT2D eigenvalue weighted by Gasteiger charge is -2.11. The Bertz CT molecular complexity index is 1150. The van der Waals surface area contributed by atoms with Crippen LogP contribution in [-0.2, 0) is 11.4 Å². The number of hydrogen-bond donors (Lipinski definition) is 1. The number of nitriles is 1. The first kappa shape index (κ1) is 23.0. The topological polar surface area (TPSA) is 62.1 Å². The highest BCUT2D eigenvalue weighted by Crippen LogP contribution is 2.35. The van der Waals surface area contributed by atoms with Gasteiger partial charge in [0.1, 0.15) is 24.1 Å². The van der Waals surface area contributed by atoms with Gasteiger partial charge in [0, 0.05) is 10.2 Å². The summed E-state index contributed by atoms with van der Waals surface area (Å²) in [6, 6.07) is 18.2. The Morgan fingerprint density at radius 3 is 2.42 bits per heavy atom. The van der Waals surface area contributed by atoms with E-state index in [0.717, 1.165) is 10.0 Å². The highest BCUT2D eigenvalue weighted by atomic mass is 79.9. The molecule has 1 amide bonds. The first-order chi connectivity index (χ1) is 14.9. The fourth-order valence-corrected chi connectivity index (χ4v) is 3.84. The number of nitrogens with zero attached hydrogens (tertiary/aromatic N) is 1. The number of benzene rings is 3. The summed E-state index contributed by atoms with van der Waals surface area (Å²) in [5.74, 6) is -0.453. The first-order valence-corrected chi connectivity index (χ1v) is 10.9. The van der Waals surface area contributed by atoms with Gasteiger partial charge < -0.3 is 10.1 Å². The van der Waals surface area contributed by atoms with Gasteiger partial charge in [-0.25, -0.2) is 4.39 Å². The van der Waals surface area contributed by atoms with Crippen LogP contribution < -0.4 is 10.1 Å². The molecule has 0 aromatic heterocycles. The van der Waals surface area contributed by atoms with Gasteiger partial charge in [0.2, 0.25) is 0 Å². The Labute approximate surface area is 200 Å². The maximum Gasteiger partial charge on any atom is 0.266 e. The van der Waals surface area contributed by atoms with Gasteiger partial charge in [0.15, 0.2) is 5.75 Å². The maximum atomic E-state index is 13.0. The second-order valence-electron chi connectivity index (χ2n) is 6.36. The Morgan fingerprint density at radius 1 is 1.13 bits per heavy atom. The van der Waals surface area contributed by atoms with Crippen LogP contribution in [0.25, 0.3) is 6.08 Å². The molecule has 0 atom stereocenters. The lowest BCUT2D eigenvalue weighted by atomic mass is 10.1. The zero-order valence-electron chi connectivity index (χ0n) is 15.8. The smallest absolute Gasteiger partial charge is 0.266 e. The van der Waals surface area contributed by atoms with E-state index in [0.29, 0.717) is 26.5 Å². The third-order valence-corrected chi connectivity index (χ3v) is 5.49. The number of carbonyl (C=O) groups excluding carboxylic acids is 1. The van der Waals surface area contributed by atoms with Gasteiger partial charge in [-0.05, 0) is 81.7 Å². The van der Waals surface area contributed by atoms with Crippen LogP contribution in [0.2, 0.25) is 5.02 Å². The van der Waals surface area contributed by atoms with E-state index in [9.17, 15) is 14.4 Å². The van der Waals surface area contributed by atoms with E-state index < -0.39 is 5.91 Å². The molecule has 3 aromatic rings. The molecule has 0 heterocycles. The molecule has 0 fully saturated rings. The van der Waals surface area contributed by atoms with E-state index in [4.69, 9.17) is 16.3 Å². The molecule has 0 unspecified atom stereocenters. The molecule has 3 aromatic carbocycles. The molecular formula is C23H14Br2ClFN2O2. The van der Waals surface area contributed by atoms with E-state index >= 15 is 0 Å². The fraction of sp³-hybridized carbons (Fsp3) is 0.0435. The summed E-state index contributed by atoms with van der Waals surface area (Å²) in [5, 5.41) is 12.4. The minimum absolute atomic E-state index is 0.0779. The number of carbonyl (C=O) groups is 1. The average Bonchev–Trinajstić information content (AvgIpc) is 2.74. The van der Waals surface area contributed by atoms with Gasteiger partial charge in [0.25, 0.3) is 5.91 Å². The van der Waals surface area contributed by atoms with Crippen molar-refractivity contribution in [3.05, 3.63) is 97.1 Å². The van der Waals surface area contributed by atoms with Crippen LogP contribution in [0.1, 0.15) is 11.1 Å². The van der Waals surface area contributed by atoms with Gasteiger partial charge in [-0.3, -0.25) is 4.79 Å². The number of hydrogen-bond acceptors (Lipinski definition) is 3. The SMILES string of the molecule is N#C/C(=C/c1cc(Cl)c(OCc2ccc(F)cc2)c(Br)c1)C(=O)Nc1ccc(Br)cc1. The van der Waals surface area contributed by atoms with Gasteiger partial charge >= 0.3 is 0 Å². The molecule has 156 valence electrons. The Balaban J connectivity index is 1.76. The van der Waals surface area contributed by atoms with Crippen molar-refractivity contribution in [2.75, 3.05) is 5.32 Å². The van der Waals surface area contributed by atoms with Crippen LogP contribution in [0.15, 0.2) is 75.2 Å². The van der Waals surface area contributed by atoms with Crippen molar-refractivity contribution in [1.29, 1.82) is 5.26 Å². The predicted molar refractivity (Wildman–Crippen MR) is 126 cm³/mol. The van der Waals surface area contributed by atoms with Crippen molar-refractivity contribution in [3.63, 3.8) is 0 Å². The molecule has 1 N–H and O–H groups in total. The molecule has 4 nitrogen and oxygen atoms in total.